The first kappa shape index (κ1) is 23.8. The Morgan fingerprint density at radius 3 is 2.34 bits per heavy atom. The quantitative estimate of drug-likeness (QED) is 0.271. The van der Waals surface area contributed by atoms with Crippen molar-refractivity contribution in [3.63, 3.8) is 0 Å². The summed E-state index contributed by atoms with van der Waals surface area (Å²) in [6, 6.07) is 9.10. The number of carbonyl (C=O) groups excluding carboxylic acids is 1. The van der Waals surface area contributed by atoms with Gasteiger partial charge in [0.1, 0.15) is 16.9 Å². The van der Waals surface area contributed by atoms with E-state index in [2.05, 4.69) is 40.7 Å². The third-order valence-electron chi connectivity index (χ3n) is 4.29. The molecule has 0 N–H and O–H groups in total. The Bertz CT molecular complexity index is 833. The fourth-order valence-electron chi connectivity index (χ4n) is 2.83. The minimum Gasteiger partial charge on any atom is -0.460 e. The van der Waals surface area contributed by atoms with Crippen molar-refractivity contribution in [2.24, 2.45) is 0 Å². The van der Waals surface area contributed by atoms with Crippen LogP contribution in [0.4, 0.5) is 0 Å². The molecule has 0 saturated heterocycles. The van der Waals surface area contributed by atoms with Crippen LogP contribution in [0.3, 0.4) is 0 Å². The topological polar surface area (TPSA) is 53.4 Å². The molecule has 5 nitrogen and oxygen atoms in total. The molecule has 7 heteroatoms. The van der Waals surface area contributed by atoms with E-state index in [0.717, 1.165) is 39.6 Å². The fraction of sp³-hybridized carbons (Fsp3) is 0.545. The van der Waals surface area contributed by atoms with Crippen LogP contribution in [0.25, 0.3) is 11.1 Å². The van der Waals surface area contributed by atoms with Gasteiger partial charge in [0.05, 0.1) is 12.1 Å². The fourth-order valence-corrected chi connectivity index (χ4v) is 4.28. The average molecular weight is 482 g/mol. The lowest BCUT2D eigenvalue weighted by Crippen LogP contribution is -2.24. The van der Waals surface area contributed by atoms with Crippen molar-refractivity contribution in [1.82, 2.24) is 9.78 Å². The Hall–Kier alpha value is -1.44. The number of aromatic nitrogens is 2. The molecule has 0 saturated carbocycles. The molecule has 0 aliphatic heterocycles. The molecule has 1 aromatic heterocycles. The standard InChI is InChI=1S/C22H33BrN2O3Si/c1-16-20(21(23)25(24-16)15-27-12-13-29(5,6)7)18-10-8-17(9-11-18)14-19(26)28-22(2,3)4/h8-11H,12-15H2,1-7H3. The van der Waals surface area contributed by atoms with Gasteiger partial charge in [-0.25, -0.2) is 4.68 Å². The molecule has 160 valence electrons. The molecule has 0 aliphatic rings. The molecule has 2 rings (SSSR count). The predicted octanol–water partition coefficient (Wildman–Crippen LogP) is 5.82. The Morgan fingerprint density at radius 1 is 1.17 bits per heavy atom. The summed E-state index contributed by atoms with van der Waals surface area (Å²) in [6.45, 7) is 15.8. The normalized spacial score (nSPS) is 12.3. The molecule has 0 fully saturated rings. The van der Waals surface area contributed by atoms with Crippen LogP contribution in [0.5, 0.6) is 0 Å². The van der Waals surface area contributed by atoms with Gasteiger partial charge in [-0.2, -0.15) is 5.10 Å². The first-order valence-electron chi connectivity index (χ1n) is 9.97. The van der Waals surface area contributed by atoms with Gasteiger partial charge in [0.15, 0.2) is 0 Å². The van der Waals surface area contributed by atoms with Gasteiger partial charge in [-0.15, -0.1) is 0 Å². The summed E-state index contributed by atoms with van der Waals surface area (Å²) in [7, 11) is -1.10. The second-order valence-corrected chi connectivity index (χ2v) is 15.9. The maximum atomic E-state index is 12.0. The Morgan fingerprint density at radius 2 is 1.79 bits per heavy atom. The van der Waals surface area contributed by atoms with Gasteiger partial charge in [-0.3, -0.25) is 4.79 Å². The molecule has 0 aliphatic carbocycles. The first-order valence-corrected chi connectivity index (χ1v) is 14.5. The minimum atomic E-state index is -1.10. The molecule has 2 aromatic rings. The lowest BCUT2D eigenvalue weighted by molar-refractivity contribution is -0.153. The van der Waals surface area contributed by atoms with E-state index in [-0.39, 0.29) is 12.4 Å². The van der Waals surface area contributed by atoms with Crippen molar-refractivity contribution >= 4 is 30.0 Å². The van der Waals surface area contributed by atoms with Crippen LogP contribution < -0.4 is 0 Å². The zero-order valence-electron chi connectivity index (χ0n) is 18.6. The summed E-state index contributed by atoms with van der Waals surface area (Å²) < 4.78 is 14.0. The van der Waals surface area contributed by atoms with Crippen molar-refractivity contribution in [2.75, 3.05) is 6.61 Å². The monoisotopic (exact) mass is 480 g/mol. The van der Waals surface area contributed by atoms with E-state index in [9.17, 15) is 4.79 Å². The summed E-state index contributed by atoms with van der Waals surface area (Å²) >= 11 is 3.68. The number of hydrogen-bond donors (Lipinski definition) is 0. The van der Waals surface area contributed by atoms with Gasteiger partial charge in [0.25, 0.3) is 0 Å². The maximum Gasteiger partial charge on any atom is 0.310 e. The SMILES string of the molecule is Cc1nn(COCC[Si](C)(C)C)c(Br)c1-c1ccc(CC(=O)OC(C)(C)C)cc1. The minimum absolute atomic E-state index is 0.217. The second-order valence-electron chi connectivity index (χ2n) is 9.56. The highest BCUT2D eigenvalue weighted by molar-refractivity contribution is 9.10. The average Bonchev–Trinajstić information content (AvgIpc) is 2.84. The van der Waals surface area contributed by atoms with Crippen molar-refractivity contribution in [3.8, 4) is 11.1 Å². The van der Waals surface area contributed by atoms with Crippen molar-refractivity contribution in [2.45, 2.75) is 72.1 Å². The third-order valence-corrected chi connectivity index (χ3v) is 6.80. The van der Waals surface area contributed by atoms with Crippen LogP contribution >= 0.6 is 15.9 Å². The number of rotatable bonds is 8. The van der Waals surface area contributed by atoms with Gasteiger partial charge in [-0.1, -0.05) is 43.9 Å². The van der Waals surface area contributed by atoms with E-state index in [4.69, 9.17) is 9.47 Å². The van der Waals surface area contributed by atoms with Crippen molar-refractivity contribution in [1.29, 1.82) is 0 Å². The van der Waals surface area contributed by atoms with Gasteiger partial charge in [-0.05, 0) is 60.8 Å². The lowest BCUT2D eigenvalue weighted by Gasteiger charge is -2.19. The number of hydrogen-bond acceptors (Lipinski definition) is 4. The maximum absolute atomic E-state index is 12.0. The van der Waals surface area contributed by atoms with E-state index in [0.29, 0.717) is 6.73 Å². The predicted molar refractivity (Wildman–Crippen MR) is 124 cm³/mol. The molecule has 29 heavy (non-hydrogen) atoms. The molecule has 0 unspecified atom stereocenters. The van der Waals surface area contributed by atoms with Crippen LogP contribution in [0.1, 0.15) is 32.0 Å². The second kappa shape index (κ2) is 9.58. The highest BCUT2D eigenvalue weighted by Crippen LogP contribution is 2.31. The van der Waals surface area contributed by atoms with E-state index in [1.54, 1.807) is 0 Å². The zero-order chi connectivity index (χ0) is 21.8. The summed E-state index contributed by atoms with van der Waals surface area (Å²) in [5, 5.41) is 4.61. The van der Waals surface area contributed by atoms with Gasteiger partial charge < -0.3 is 9.47 Å². The number of nitrogens with zero attached hydrogens (tertiary/aromatic N) is 2. The first-order chi connectivity index (χ1) is 13.4. The molecule has 1 aromatic carbocycles. The number of aryl methyl sites for hydroxylation is 1. The van der Waals surface area contributed by atoms with E-state index in [1.165, 1.54) is 0 Å². The molecule has 0 bridgehead atoms. The Labute approximate surface area is 183 Å². The number of carbonyl (C=O) groups is 1. The number of ether oxygens (including phenoxy) is 2. The number of benzene rings is 1. The van der Waals surface area contributed by atoms with Crippen molar-refractivity contribution in [3.05, 3.63) is 40.1 Å². The zero-order valence-corrected chi connectivity index (χ0v) is 21.2. The summed E-state index contributed by atoms with van der Waals surface area (Å²) in [6.07, 6.45) is 0.266. The molecular formula is C22H33BrN2O3Si. The van der Waals surface area contributed by atoms with Gasteiger partial charge in [0, 0.05) is 20.2 Å². The van der Waals surface area contributed by atoms with Crippen LogP contribution in [0.15, 0.2) is 28.9 Å². The summed E-state index contributed by atoms with van der Waals surface area (Å²) in [4.78, 5) is 12.0. The molecule has 0 amide bonds. The van der Waals surface area contributed by atoms with E-state index < -0.39 is 13.7 Å². The Kier molecular flexibility index (Phi) is 7.87. The summed E-state index contributed by atoms with van der Waals surface area (Å²) in [5.41, 5.74) is 3.49. The van der Waals surface area contributed by atoms with Crippen LogP contribution in [-0.4, -0.2) is 36.0 Å². The van der Waals surface area contributed by atoms with Crippen LogP contribution in [0.2, 0.25) is 25.7 Å². The van der Waals surface area contributed by atoms with Crippen LogP contribution in [0, 0.1) is 6.92 Å². The van der Waals surface area contributed by atoms with Crippen LogP contribution in [-0.2, 0) is 27.4 Å². The largest absolute Gasteiger partial charge is 0.460 e. The van der Waals surface area contributed by atoms with E-state index >= 15 is 0 Å². The smallest absolute Gasteiger partial charge is 0.310 e. The highest BCUT2D eigenvalue weighted by Gasteiger charge is 2.18. The molecule has 1 heterocycles. The number of halogens is 1. The third kappa shape index (κ3) is 7.72. The number of esters is 1. The molecular weight excluding hydrogens is 448 g/mol. The van der Waals surface area contributed by atoms with Gasteiger partial charge >= 0.3 is 5.97 Å². The Balaban J connectivity index is 2.05. The van der Waals surface area contributed by atoms with Gasteiger partial charge in [0.2, 0.25) is 0 Å². The van der Waals surface area contributed by atoms with Crippen molar-refractivity contribution < 1.29 is 14.3 Å². The molecule has 0 radical (unpaired) electrons. The highest BCUT2D eigenvalue weighted by atomic mass is 79.9. The molecule has 0 spiro atoms. The van der Waals surface area contributed by atoms with E-state index in [1.807, 2.05) is 56.6 Å². The summed E-state index contributed by atoms with van der Waals surface area (Å²) in [5.74, 6) is -0.217. The lowest BCUT2D eigenvalue weighted by atomic mass is 10.0. The molecule has 0 atom stereocenters.